The second-order valence-corrected chi connectivity index (χ2v) is 8.99. The summed E-state index contributed by atoms with van der Waals surface area (Å²) in [5.41, 5.74) is 2.82. The second kappa shape index (κ2) is 9.86. The highest BCUT2D eigenvalue weighted by Crippen LogP contribution is 2.24. The molecule has 1 aromatic heterocycles. The summed E-state index contributed by atoms with van der Waals surface area (Å²) in [7, 11) is -2.16. The van der Waals surface area contributed by atoms with Gasteiger partial charge in [0.05, 0.1) is 12.0 Å². The van der Waals surface area contributed by atoms with Gasteiger partial charge in [0.25, 0.3) is 10.0 Å². The van der Waals surface area contributed by atoms with E-state index in [2.05, 4.69) is 38.8 Å². The van der Waals surface area contributed by atoms with E-state index in [-0.39, 0.29) is 4.90 Å². The van der Waals surface area contributed by atoms with Crippen molar-refractivity contribution in [2.45, 2.75) is 32.6 Å². The fraction of sp³-hybridized carbons (Fsp3) is 0.304. The lowest BCUT2D eigenvalue weighted by Gasteiger charge is -2.20. The number of hydrogen-bond donors (Lipinski definition) is 2. The number of sulfonamides is 1. The quantitative estimate of drug-likeness (QED) is 0.491. The Hall–Kier alpha value is -3.33. The van der Waals surface area contributed by atoms with Crippen molar-refractivity contribution < 1.29 is 13.2 Å². The van der Waals surface area contributed by atoms with Gasteiger partial charge in [-0.1, -0.05) is 0 Å². The predicted molar refractivity (Wildman–Crippen MR) is 129 cm³/mol. The van der Waals surface area contributed by atoms with E-state index in [1.165, 1.54) is 6.07 Å². The van der Waals surface area contributed by atoms with Gasteiger partial charge in [-0.25, -0.2) is 13.4 Å². The number of anilines is 4. The number of aromatic nitrogens is 2. The summed E-state index contributed by atoms with van der Waals surface area (Å²) in [5, 5.41) is 3.19. The molecule has 0 aliphatic carbocycles. The van der Waals surface area contributed by atoms with Crippen LogP contribution in [0.4, 0.5) is 23.1 Å². The Morgan fingerprint density at radius 2 is 1.59 bits per heavy atom. The van der Waals surface area contributed by atoms with Gasteiger partial charge in [0.2, 0.25) is 5.95 Å². The molecule has 0 saturated carbocycles. The fourth-order valence-corrected chi connectivity index (χ4v) is 4.44. The van der Waals surface area contributed by atoms with Crippen LogP contribution in [0.15, 0.2) is 53.4 Å². The molecule has 0 bridgehead atoms. The van der Waals surface area contributed by atoms with Crippen LogP contribution in [0.5, 0.6) is 5.75 Å². The Morgan fingerprint density at radius 3 is 2.19 bits per heavy atom. The lowest BCUT2D eigenvalue weighted by molar-refractivity contribution is 0.411. The van der Waals surface area contributed by atoms with Crippen molar-refractivity contribution in [2.24, 2.45) is 0 Å². The van der Waals surface area contributed by atoms with Crippen molar-refractivity contribution in [1.82, 2.24) is 9.97 Å². The Kier molecular flexibility index (Phi) is 7.19. The van der Waals surface area contributed by atoms with Crippen molar-refractivity contribution in [3.63, 3.8) is 0 Å². The average molecular weight is 456 g/mol. The van der Waals surface area contributed by atoms with Gasteiger partial charge < -0.3 is 15.0 Å². The molecule has 170 valence electrons. The van der Waals surface area contributed by atoms with Gasteiger partial charge in [-0.15, -0.1) is 0 Å². The number of nitrogens with zero attached hydrogens (tertiary/aromatic N) is 3. The van der Waals surface area contributed by atoms with Gasteiger partial charge in [0.1, 0.15) is 11.6 Å². The molecule has 9 heteroatoms. The summed E-state index contributed by atoms with van der Waals surface area (Å²) >= 11 is 0. The van der Waals surface area contributed by atoms with E-state index in [0.29, 0.717) is 17.4 Å². The fourth-order valence-electron chi connectivity index (χ4n) is 3.30. The summed E-state index contributed by atoms with van der Waals surface area (Å²) in [5.74, 6) is 2.00. The second-order valence-electron chi connectivity index (χ2n) is 7.30. The summed E-state index contributed by atoms with van der Waals surface area (Å²) in [6.45, 7) is 9.61. The third-order valence-electron chi connectivity index (χ3n) is 5.00. The zero-order valence-electron chi connectivity index (χ0n) is 19.0. The Labute approximate surface area is 189 Å². The minimum Gasteiger partial charge on any atom is -0.496 e. The van der Waals surface area contributed by atoms with Crippen LogP contribution in [-0.2, 0) is 10.0 Å². The zero-order valence-corrected chi connectivity index (χ0v) is 19.8. The Balaban J connectivity index is 1.75. The molecule has 0 fully saturated rings. The molecule has 0 amide bonds. The van der Waals surface area contributed by atoms with E-state index in [0.717, 1.165) is 35.9 Å². The molecule has 0 unspecified atom stereocenters. The van der Waals surface area contributed by atoms with Crippen LogP contribution in [0, 0.1) is 13.8 Å². The first-order chi connectivity index (χ1) is 15.2. The van der Waals surface area contributed by atoms with Crippen LogP contribution in [0.3, 0.4) is 0 Å². The minimum absolute atomic E-state index is 0.176. The van der Waals surface area contributed by atoms with Crippen LogP contribution >= 0.6 is 0 Å². The average Bonchev–Trinajstić information content (AvgIpc) is 2.75. The summed E-state index contributed by atoms with van der Waals surface area (Å²) in [4.78, 5) is 11.4. The van der Waals surface area contributed by atoms with E-state index < -0.39 is 10.0 Å². The van der Waals surface area contributed by atoms with Gasteiger partial charge in [-0.2, -0.15) is 4.98 Å². The lowest BCUT2D eigenvalue weighted by atomic mass is 10.2. The predicted octanol–water partition coefficient (Wildman–Crippen LogP) is 4.49. The molecule has 1 heterocycles. The molecule has 2 N–H and O–H groups in total. The SMILES string of the molecule is CCN(CC)c1cc(C)nc(Nc2ccc(NS(=O)(=O)c3ccc(OC)c(C)c3)cc2)n1. The molecule has 0 atom stereocenters. The molecular formula is C23H29N5O3S. The Morgan fingerprint density at radius 1 is 0.938 bits per heavy atom. The summed E-state index contributed by atoms with van der Waals surface area (Å²) in [6.07, 6.45) is 0. The normalized spacial score (nSPS) is 11.2. The first-order valence-electron chi connectivity index (χ1n) is 10.4. The van der Waals surface area contributed by atoms with Gasteiger partial charge in [-0.3, -0.25) is 4.72 Å². The zero-order chi connectivity index (χ0) is 23.3. The number of methoxy groups -OCH3 is 1. The van der Waals surface area contributed by atoms with Crippen LogP contribution in [0.25, 0.3) is 0 Å². The summed E-state index contributed by atoms with van der Waals surface area (Å²) in [6, 6.07) is 13.6. The van der Waals surface area contributed by atoms with Crippen molar-refractivity contribution in [3.05, 3.63) is 59.8 Å². The third kappa shape index (κ3) is 5.47. The number of aryl methyl sites for hydroxylation is 2. The third-order valence-corrected chi connectivity index (χ3v) is 6.38. The molecule has 32 heavy (non-hydrogen) atoms. The maximum atomic E-state index is 12.7. The highest BCUT2D eigenvalue weighted by molar-refractivity contribution is 7.92. The lowest BCUT2D eigenvalue weighted by Crippen LogP contribution is -2.23. The van der Waals surface area contributed by atoms with Crippen LogP contribution in [0.2, 0.25) is 0 Å². The minimum atomic E-state index is -3.72. The number of hydrogen-bond acceptors (Lipinski definition) is 7. The van der Waals surface area contributed by atoms with Gasteiger partial charge in [0, 0.05) is 36.2 Å². The number of ether oxygens (including phenoxy) is 1. The van der Waals surface area contributed by atoms with Crippen LogP contribution < -0.4 is 19.7 Å². The molecule has 0 radical (unpaired) electrons. The number of rotatable bonds is 9. The maximum Gasteiger partial charge on any atom is 0.261 e. The van der Waals surface area contributed by atoms with E-state index in [1.807, 2.05) is 13.0 Å². The topological polar surface area (TPSA) is 96.5 Å². The van der Waals surface area contributed by atoms with Crippen molar-refractivity contribution in [3.8, 4) is 5.75 Å². The van der Waals surface area contributed by atoms with E-state index >= 15 is 0 Å². The van der Waals surface area contributed by atoms with E-state index in [9.17, 15) is 8.42 Å². The highest BCUT2D eigenvalue weighted by Gasteiger charge is 2.16. The van der Waals surface area contributed by atoms with E-state index in [1.54, 1.807) is 50.4 Å². The van der Waals surface area contributed by atoms with Crippen molar-refractivity contribution >= 4 is 33.2 Å². The first kappa shape index (κ1) is 23.3. The van der Waals surface area contributed by atoms with Gasteiger partial charge in [-0.05, 0) is 75.7 Å². The van der Waals surface area contributed by atoms with Gasteiger partial charge >= 0.3 is 0 Å². The molecule has 3 rings (SSSR count). The highest BCUT2D eigenvalue weighted by atomic mass is 32.2. The van der Waals surface area contributed by atoms with Gasteiger partial charge in [0.15, 0.2) is 0 Å². The monoisotopic (exact) mass is 455 g/mol. The molecule has 0 spiro atoms. The maximum absolute atomic E-state index is 12.7. The van der Waals surface area contributed by atoms with E-state index in [4.69, 9.17) is 4.74 Å². The number of nitrogens with one attached hydrogen (secondary N) is 2. The summed E-state index contributed by atoms with van der Waals surface area (Å²) < 4.78 is 33.3. The molecule has 2 aromatic carbocycles. The van der Waals surface area contributed by atoms with Crippen molar-refractivity contribution in [2.75, 3.05) is 35.1 Å². The standard InChI is InChI=1S/C23H29N5O3S/c1-6-28(7-2)22-15-17(4)24-23(26-22)25-18-8-10-19(11-9-18)27-32(29,30)20-12-13-21(31-5)16(3)14-20/h8-15,27H,6-7H2,1-5H3,(H,24,25,26). The van der Waals surface area contributed by atoms with Crippen LogP contribution in [-0.4, -0.2) is 38.6 Å². The number of benzene rings is 2. The first-order valence-corrected chi connectivity index (χ1v) is 11.9. The smallest absolute Gasteiger partial charge is 0.261 e. The molecule has 0 aliphatic heterocycles. The largest absolute Gasteiger partial charge is 0.496 e. The molecule has 0 aliphatic rings. The van der Waals surface area contributed by atoms with Crippen LogP contribution in [0.1, 0.15) is 25.1 Å². The molecule has 8 nitrogen and oxygen atoms in total. The molecule has 3 aromatic rings. The molecular weight excluding hydrogens is 426 g/mol. The molecule has 0 saturated heterocycles. The van der Waals surface area contributed by atoms with Crippen molar-refractivity contribution in [1.29, 1.82) is 0 Å². The Bertz CT molecular complexity index is 1180.